The van der Waals surface area contributed by atoms with Crippen LogP contribution in [-0.2, 0) is 5.41 Å². The van der Waals surface area contributed by atoms with Gasteiger partial charge in [0, 0.05) is 43.2 Å². The Morgan fingerprint density at radius 3 is 2.56 bits per heavy atom. The molecule has 3 N–H and O–H groups in total. The van der Waals surface area contributed by atoms with Crippen molar-refractivity contribution in [2.24, 2.45) is 0 Å². The predicted molar refractivity (Wildman–Crippen MR) is 154 cm³/mol. The summed E-state index contributed by atoms with van der Waals surface area (Å²) in [6, 6.07) is 8.21. The summed E-state index contributed by atoms with van der Waals surface area (Å²) < 4.78 is 20.5. The van der Waals surface area contributed by atoms with Crippen LogP contribution in [0.5, 0.6) is 0 Å². The third kappa shape index (κ3) is 6.49. The lowest BCUT2D eigenvalue weighted by Crippen LogP contribution is -2.43. The molecule has 41 heavy (non-hydrogen) atoms. The molecule has 1 fully saturated rings. The van der Waals surface area contributed by atoms with E-state index in [1.807, 2.05) is 46.0 Å². The van der Waals surface area contributed by atoms with Gasteiger partial charge in [-0.1, -0.05) is 25.9 Å². The molecule has 4 aromatic rings. The molecule has 1 aliphatic rings. The van der Waals surface area contributed by atoms with Crippen LogP contribution >= 0.6 is 0 Å². The van der Waals surface area contributed by atoms with Gasteiger partial charge in [-0.15, -0.1) is 0 Å². The number of nitrogens with zero attached hydrogens (tertiary/aromatic N) is 6. The summed E-state index contributed by atoms with van der Waals surface area (Å²) >= 11 is 0. The van der Waals surface area contributed by atoms with Crippen LogP contribution in [-0.4, -0.2) is 57.2 Å². The average Bonchev–Trinajstić information content (AvgIpc) is 3.47. The minimum absolute atomic E-state index is 0.134. The Morgan fingerprint density at radius 1 is 1.10 bits per heavy atom. The lowest BCUT2D eigenvalue weighted by molar-refractivity contribution is 0.0895. The van der Waals surface area contributed by atoms with Crippen molar-refractivity contribution in [1.29, 1.82) is 0 Å². The maximum atomic E-state index is 15.4. The van der Waals surface area contributed by atoms with Crippen LogP contribution in [0.2, 0.25) is 0 Å². The molecule has 0 aliphatic carbocycles. The van der Waals surface area contributed by atoms with Crippen LogP contribution in [0.4, 0.5) is 21.7 Å². The zero-order chi connectivity index (χ0) is 29.1. The highest BCUT2D eigenvalue weighted by Crippen LogP contribution is 2.29. The number of hydrogen-bond acceptors (Lipinski definition) is 10. The van der Waals surface area contributed by atoms with Gasteiger partial charge in [-0.05, 0) is 49.2 Å². The first-order valence-electron chi connectivity index (χ1n) is 13.5. The van der Waals surface area contributed by atoms with Crippen molar-refractivity contribution >= 4 is 23.2 Å². The fourth-order valence-electron chi connectivity index (χ4n) is 4.59. The molecule has 0 radical (unpaired) electrons. The van der Waals surface area contributed by atoms with Crippen molar-refractivity contribution in [3.8, 4) is 11.3 Å². The monoisotopic (exact) mass is 559 g/mol. The number of rotatable bonds is 7. The second kappa shape index (κ2) is 11.6. The number of carbonyl (C=O) groups excluding carboxylic acids is 1. The number of amides is 1. The first-order valence-corrected chi connectivity index (χ1v) is 13.5. The molecule has 5 rings (SSSR count). The summed E-state index contributed by atoms with van der Waals surface area (Å²) in [5.41, 5.74) is 2.86. The molecule has 0 unspecified atom stereocenters. The van der Waals surface area contributed by atoms with Gasteiger partial charge in [0.25, 0.3) is 0 Å². The summed E-state index contributed by atoms with van der Waals surface area (Å²) in [7, 11) is 0. The van der Waals surface area contributed by atoms with E-state index in [0.29, 0.717) is 34.3 Å². The number of carbonyl (C=O) groups is 1. The van der Waals surface area contributed by atoms with Gasteiger partial charge in [0.1, 0.15) is 23.8 Å². The molecule has 1 aliphatic heterocycles. The summed E-state index contributed by atoms with van der Waals surface area (Å²) in [5.74, 6) is 0.427. The maximum Gasteiger partial charge on any atom is 0.315 e. The van der Waals surface area contributed by atoms with Crippen molar-refractivity contribution in [2.45, 2.75) is 46.1 Å². The summed E-state index contributed by atoms with van der Waals surface area (Å²) in [4.78, 5) is 32.3. The lowest BCUT2D eigenvalue weighted by atomic mass is 9.96. The van der Waals surface area contributed by atoms with Gasteiger partial charge in [-0.2, -0.15) is 4.98 Å². The number of anilines is 3. The zero-order valence-corrected chi connectivity index (χ0v) is 23.8. The van der Waals surface area contributed by atoms with E-state index in [4.69, 9.17) is 4.52 Å². The number of aromatic nitrogens is 5. The largest absolute Gasteiger partial charge is 0.368 e. The number of piperazine rings is 1. The SMILES string of the molecule is Cc1cc(-c2cc(Nc3ccc(N4CCNCC4)cn3)ncn2)c(F)cc1[C@@H](C)NC(=O)c1nc(C(C)(C)C)no1. The standard InChI is InChI=1S/C29H34FN9O2/c1-17-12-21(22(30)13-20(17)18(2)35-26(40)27-37-28(38-41-27)29(3,4)5)23-14-25(34-16-33-23)36-24-7-6-19(15-32-24)39-10-8-31-9-11-39/h6-7,12-16,18,31H,8-11H2,1-5H3,(H,35,40)(H,32,33,34,36)/t18-/m1/s1. The quantitative estimate of drug-likeness (QED) is 0.301. The van der Waals surface area contributed by atoms with E-state index in [1.54, 1.807) is 19.1 Å². The fraction of sp³-hybridized carbons (Fsp3) is 0.379. The van der Waals surface area contributed by atoms with Gasteiger partial charge in [0.15, 0.2) is 5.82 Å². The molecular weight excluding hydrogens is 525 g/mol. The van der Waals surface area contributed by atoms with E-state index in [2.05, 4.69) is 45.9 Å². The second-order valence-corrected chi connectivity index (χ2v) is 11.1. The van der Waals surface area contributed by atoms with Crippen LogP contribution in [0.25, 0.3) is 11.3 Å². The molecular formula is C29H34FN9O2. The van der Waals surface area contributed by atoms with Crippen molar-refractivity contribution in [1.82, 2.24) is 35.7 Å². The summed E-state index contributed by atoms with van der Waals surface area (Å²) in [5, 5.41) is 13.2. The van der Waals surface area contributed by atoms with Crippen molar-refractivity contribution in [2.75, 3.05) is 36.4 Å². The molecule has 1 amide bonds. The van der Waals surface area contributed by atoms with Crippen LogP contribution in [0.3, 0.4) is 0 Å². The smallest absolute Gasteiger partial charge is 0.315 e. The molecule has 4 heterocycles. The topological polar surface area (TPSA) is 134 Å². The molecule has 0 saturated carbocycles. The van der Waals surface area contributed by atoms with Crippen molar-refractivity contribution < 1.29 is 13.7 Å². The minimum atomic E-state index is -0.523. The molecule has 1 aromatic carbocycles. The van der Waals surface area contributed by atoms with E-state index in [9.17, 15) is 4.79 Å². The number of nitrogens with one attached hydrogen (secondary N) is 3. The second-order valence-electron chi connectivity index (χ2n) is 11.1. The highest BCUT2D eigenvalue weighted by atomic mass is 19.1. The Bertz CT molecular complexity index is 1530. The van der Waals surface area contributed by atoms with Gasteiger partial charge in [0.2, 0.25) is 0 Å². The molecule has 12 heteroatoms. The van der Waals surface area contributed by atoms with Crippen LogP contribution in [0, 0.1) is 12.7 Å². The Hall–Kier alpha value is -4.45. The van der Waals surface area contributed by atoms with Crippen LogP contribution in [0.1, 0.15) is 61.4 Å². The number of aryl methyl sites for hydroxylation is 1. The average molecular weight is 560 g/mol. The lowest BCUT2D eigenvalue weighted by Gasteiger charge is -2.29. The highest BCUT2D eigenvalue weighted by molar-refractivity contribution is 5.89. The molecule has 214 valence electrons. The van der Waals surface area contributed by atoms with Gasteiger partial charge in [-0.25, -0.2) is 19.3 Å². The number of halogens is 1. The van der Waals surface area contributed by atoms with Gasteiger partial charge < -0.3 is 25.4 Å². The normalized spacial score (nSPS) is 14.5. The van der Waals surface area contributed by atoms with E-state index < -0.39 is 17.8 Å². The molecule has 0 spiro atoms. The molecule has 1 saturated heterocycles. The van der Waals surface area contributed by atoms with E-state index in [0.717, 1.165) is 37.4 Å². The zero-order valence-electron chi connectivity index (χ0n) is 23.8. The first-order chi connectivity index (χ1) is 19.6. The van der Waals surface area contributed by atoms with Crippen LogP contribution in [0.15, 0.2) is 47.4 Å². The maximum absolute atomic E-state index is 15.4. The predicted octanol–water partition coefficient (Wildman–Crippen LogP) is 4.31. The Labute approximate surface area is 238 Å². The Kier molecular flexibility index (Phi) is 7.93. The van der Waals surface area contributed by atoms with E-state index in [-0.39, 0.29) is 11.3 Å². The molecule has 0 bridgehead atoms. The number of pyridine rings is 1. The molecule has 1 atom stereocenters. The third-order valence-electron chi connectivity index (χ3n) is 6.89. The van der Waals surface area contributed by atoms with Gasteiger partial charge in [0.05, 0.1) is 23.6 Å². The molecule has 11 nitrogen and oxygen atoms in total. The summed E-state index contributed by atoms with van der Waals surface area (Å²) in [6.45, 7) is 13.2. The first kappa shape index (κ1) is 28.1. The van der Waals surface area contributed by atoms with E-state index in [1.165, 1.54) is 12.4 Å². The van der Waals surface area contributed by atoms with Crippen molar-refractivity contribution in [3.05, 3.63) is 71.5 Å². The number of hydrogen-bond donors (Lipinski definition) is 3. The van der Waals surface area contributed by atoms with Crippen LogP contribution < -0.4 is 20.9 Å². The highest BCUT2D eigenvalue weighted by Gasteiger charge is 2.25. The van der Waals surface area contributed by atoms with Gasteiger partial charge >= 0.3 is 11.8 Å². The molecule has 3 aromatic heterocycles. The Morgan fingerprint density at radius 2 is 1.88 bits per heavy atom. The minimum Gasteiger partial charge on any atom is -0.368 e. The van der Waals surface area contributed by atoms with E-state index >= 15 is 4.39 Å². The van der Waals surface area contributed by atoms with Gasteiger partial charge in [-0.3, -0.25) is 4.79 Å². The Balaban J connectivity index is 1.28. The fourth-order valence-corrected chi connectivity index (χ4v) is 4.59. The third-order valence-corrected chi connectivity index (χ3v) is 6.89. The number of benzene rings is 1. The summed E-state index contributed by atoms with van der Waals surface area (Å²) in [6.07, 6.45) is 3.22. The van der Waals surface area contributed by atoms with Crippen molar-refractivity contribution in [3.63, 3.8) is 0 Å².